The molecular formula is C18H26N4O. The first-order chi connectivity index (χ1) is 10.9. The molecule has 2 rings (SSSR count). The van der Waals surface area contributed by atoms with Crippen LogP contribution in [0.2, 0.25) is 0 Å². The monoisotopic (exact) mass is 314 g/mol. The molecule has 23 heavy (non-hydrogen) atoms. The molecule has 0 fully saturated rings. The lowest BCUT2D eigenvalue weighted by Gasteiger charge is -2.31. The van der Waals surface area contributed by atoms with Gasteiger partial charge in [-0.15, -0.1) is 0 Å². The highest BCUT2D eigenvalue weighted by molar-refractivity contribution is 5.79. The fraction of sp³-hybridized carbons (Fsp3) is 0.444. The molecule has 0 aliphatic heterocycles. The first-order valence-electron chi connectivity index (χ1n) is 7.97. The third-order valence-electron chi connectivity index (χ3n) is 3.96. The second kappa shape index (κ2) is 7.42. The zero-order valence-electron chi connectivity index (χ0n) is 14.3. The van der Waals surface area contributed by atoms with Crippen molar-refractivity contribution in [3.8, 4) is 0 Å². The maximum atomic E-state index is 12.3. The zero-order valence-corrected chi connectivity index (χ0v) is 14.3. The van der Waals surface area contributed by atoms with E-state index in [0.29, 0.717) is 6.54 Å². The minimum Gasteiger partial charge on any atom is -0.352 e. The van der Waals surface area contributed by atoms with Crippen molar-refractivity contribution in [2.75, 3.05) is 6.54 Å². The summed E-state index contributed by atoms with van der Waals surface area (Å²) in [6, 6.07) is 10.2. The Balaban J connectivity index is 1.87. The smallest absolute Gasteiger partial charge is 0.242 e. The number of carbonyl (C=O) groups is 1. The Morgan fingerprint density at radius 3 is 2.57 bits per heavy atom. The third-order valence-corrected chi connectivity index (χ3v) is 3.96. The van der Waals surface area contributed by atoms with Crippen molar-refractivity contribution in [3.05, 3.63) is 54.6 Å². The molecule has 1 aromatic carbocycles. The van der Waals surface area contributed by atoms with Gasteiger partial charge in [-0.2, -0.15) is 0 Å². The fourth-order valence-electron chi connectivity index (χ4n) is 2.55. The number of benzene rings is 1. The average Bonchev–Trinajstić information content (AvgIpc) is 3.07. The van der Waals surface area contributed by atoms with Gasteiger partial charge < -0.3 is 15.2 Å². The van der Waals surface area contributed by atoms with Gasteiger partial charge in [0.2, 0.25) is 5.91 Å². The second-order valence-corrected chi connectivity index (χ2v) is 6.56. The Morgan fingerprint density at radius 1 is 1.26 bits per heavy atom. The Labute approximate surface area is 138 Å². The van der Waals surface area contributed by atoms with Crippen LogP contribution in [0.4, 0.5) is 0 Å². The van der Waals surface area contributed by atoms with Crippen LogP contribution in [-0.4, -0.2) is 27.5 Å². The summed E-state index contributed by atoms with van der Waals surface area (Å²) in [4.78, 5) is 16.2. The highest BCUT2D eigenvalue weighted by atomic mass is 16.2. The first kappa shape index (κ1) is 17.2. The highest BCUT2D eigenvalue weighted by Gasteiger charge is 2.23. The number of nitrogens with zero attached hydrogens (tertiary/aromatic N) is 2. The van der Waals surface area contributed by atoms with Gasteiger partial charge >= 0.3 is 0 Å². The minimum atomic E-state index is -0.264. The molecule has 0 bridgehead atoms. The van der Waals surface area contributed by atoms with Gasteiger partial charge in [0.05, 0.1) is 6.33 Å². The Kier molecular flexibility index (Phi) is 5.55. The Bertz CT molecular complexity index is 607. The number of aromatic nitrogens is 2. The van der Waals surface area contributed by atoms with Crippen LogP contribution in [0.1, 0.15) is 45.3 Å². The molecule has 2 aromatic rings. The molecule has 0 radical (unpaired) electrons. The normalized spacial score (nSPS) is 14.3. The van der Waals surface area contributed by atoms with E-state index in [-0.39, 0.29) is 23.5 Å². The maximum absolute atomic E-state index is 12.3. The topological polar surface area (TPSA) is 58.9 Å². The molecule has 0 unspecified atom stereocenters. The summed E-state index contributed by atoms with van der Waals surface area (Å²) >= 11 is 0. The zero-order chi connectivity index (χ0) is 16.9. The lowest BCUT2D eigenvalue weighted by atomic mass is 10.0. The standard InChI is InChI=1S/C18H26N4O/c1-14(16-8-6-5-7-9-16)21-18(3,4)12-20-17(23)15(2)22-11-10-19-13-22/h5-11,13-15,21H,12H2,1-4H3,(H,20,23)/t14-,15+/m0/s1. The van der Waals surface area contributed by atoms with Gasteiger partial charge in [-0.25, -0.2) is 4.98 Å². The predicted octanol–water partition coefficient (Wildman–Crippen LogP) is 2.69. The number of hydrogen-bond donors (Lipinski definition) is 2. The van der Waals surface area contributed by atoms with Gasteiger partial charge in [-0.05, 0) is 33.3 Å². The first-order valence-corrected chi connectivity index (χ1v) is 7.97. The molecule has 124 valence electrons. The van der Waals surface area contributed by atoms with Crippen LogP contribution in [0.3, 0.4) is 0 Å². The molecule has 1 amide bonds. The van der Waals surface area contributed by atoms with Crippen molar-refractivity contribution < 1.29 is 4.79 Å². The summed E-state index contributed by atoms with van der Waals surface area (Å²) in [5.41, 5.74) is 1.03. The molecule has 0 aliphatic rings. The van der Waals surface area contributed by atoms with E-state index >= 15 is 0 Å². The van der Waals surface area contributed by atoms with Crippen molar-refractivity contribution in [1.82, 2.24) is 20.2 Å². The third kappa shape index (κ3) is 4.93. The van der Waals surface area contributed by atoms with Crippen molar-refractivity contribution in [3.63, 3.8) is 0 Å². The molecule has 1 aromatic heterocycles. The Morgan fingerprint density at radius 2 is 1.96 bits per heavy atom. The van der Waals surface area contributed by atoms with Gasteiger partial charge in [-0.3, -0.25) is 4.79 Å². The van der Waals surface area contributed by atoms with E-state index in [1.165, 1.54) is 5.56 Å². The summed E-state index contributed by atoms with van der Waals surface area (Å²) < 4.78 is 1.79. The molecule has 0 aliphatic carbocycles. The van der Waals surface area contributed by atoms with Crippen LogP contribution in [0.5, 0.6) is 0 Å². The van der Waals surface area contributed by atoms with Crippen LogP contribution in [0, 0.1) is 0 Å². The van der Waals surface area contributed by atoms with Gasteiger partial charge in [0.25, 0.3) is 0 Å². The lowest BCUT2D eigenvalue weighted by Crippen LogP contribution is -2.50. The number of rotatable bonds is 7. The van der Waals surface area contributed by atoms with Crippen molar-refractivity contribution in [1.29, 1.82) is 0 Å². The van der Waals surface area contributed by atoms with Crippen molar-refractivity contribution in [2.45, 2.75) is 45.3 Å². The molecule has 0 saturated carbocycles. The van der Waals surface area contributed by atoms with Crippen LogP contribution >= 0.6 is 0 Å². The molecule has 2 N–H and O–H groups in total. The van der Waals surface area contributed by atoms with E-state index in [1.54, 1.807) is 23.3 Å². The summed E-state index contributed by atoms with van der Waals surface area (Å²) in [7, 11) is 0. The number of imidazole rings is 1. The van der Waals surface area contributed by atoms with E-state index in [2.05, 4.69) is 48.5 Å². The summed E-state index contributed by atoms with van der Waals surface area (Å²) in [5, 5.41) is 6.59. The van der Waals surface area contributed by atoms with Crippen LogP contribution < -0.4 is 10.6 Å². The second-order valence-electron chi connectivity index (χ2n) is 6.56. The van der Waals surface area contributed by atoms with E-state index in [1.807, 2.05) is 25.1 Å². The van der Waals surface area contributed by atoms with Crippen molar-refractivity contribution >= 4 is 5.91 Å². The number of nitrogens with one attached hydrogen (secondary N) is 2. The average molecular weight is 314 g/mol. The van der Waals surface area contributed by atoms with E-state index in [4.69, 9.17) is 0 Å². The minimum absolute atomic E-state index is 0.00904. The lowest BCUT2D eigenvalue weighted by molar-refractivity contribution is -0.124. The molecule has 0 spiro atoms. The van der Waals surface area contributed by atoms with Crippen LogP contribution in [0.25, 0.3) is 0 Å². The van der Waals surface area contributed by atoms with E-state index in [9.17, 15) is 4.79 Å². The number of carbonyl (C=O) groups excluding carboxylic acids is 1. The fourth-order valence-corrected chi connectivity index (χ4v) is 2.55. The summed E-state index contributed by atoms with van der Waals surface area (Å²) in [6.45, 7) is 8.74. The largest absolute Gasteiger partial charge is 0.352 e. The van der Waals surface area contributed by atoms with E-state index in [0.717, 1.165) is 0 Å². The maximum Gasteiger partial charge on any atom is 0.242 e. The SMILES string of the molecule is C[C@H](NC(C)(C)CNC(=O)[C@@H](C)n1ccnc1)c1ccccc1. The van der Waals surface area contributed by atoms with Crippen LogP contribution in [0.15, 0.2) is 49.1 Å². The number of amides is 1. The highest BCUT2D eigenvalue weighted by Crippen LogP contribution is 2.16. The predicted molar refractivity (Wildman–Crippen MR) is 92.0 cm³/mol. The van der Waals surface area contributed by atoms with Gasteiger partial charge in [0.15, 0.2) is 0 Å². The molecule has 2 atom stereocenters. The van der Waals surface area contributed by atoms with E-state index < -0.39 is 0 Å². The van der Waals surface area contributed by atoms with Gasteiger partial charge in [-0.1, -0.05) is 30.3 Å². The number of hydrogen-bond acceptors (Lipinski definition) is 3. The quantitative estimate of drug-likeness (QED) is 0.826. The van der Waals surface area contributed by atoms with Gasteiger partial charge in [0.1, 0.15) is 6.04 Å². The summed E-state index contributed by atoms with van der Waals surface area (Å²) in [5.74, 6) is -0.00904. The Hall–Kier alpha value is -2.14. The van der Waals surface area contributed by atoms with Gasteiger partial charge in [0, 0.05) is 30.5 Å². The molecular weight excluding hydrogens is 288 g/mol. The van der Waals surface area contributed by atoms with Crippen molar-refractivity contribution in [2.24, 2.45) is 0 Å². The molecule has 5 nitrogen and oxygen atoms in total. The van der Waals surface area contributed by atoms with Crippen LogP contribution in [-0.2, 0) is 4.79 Å². The summed E-state index contributed by atoms with van der Waals surface area (Å²) in [6.07, 6.45) is 5.13. The molecule has 0 saturated heterocycles. The molecule has 5 heteroatoms. The molecule has 1 heterocycles.